The molecule has 20 heavy (non-hydrogen) atoms. The molecule has 1 aromatic rings. The Balaban J connectivity index is 2.04. The van der Waals surface area contributed by atoms with Gasteiger partial charge in [-0.05, 0) is 25.0 Å². The molecule has 106 valence electrons. The zero-order valence-corrected chi connectivity index (χ0v) is 11.1. The number of carbonyl (C=O) groups is 2. The number of rotatable bonds is 2. The predicted molar refractivity (Wildman–Crippen MR) is 76.2 cm³/mol. The fraction of sp³-hybridized carbons (Fsp3) is 0.429. The Morgan fingerprint density at radius 3 is 2.95 bits per heavy atom. The number of fused-ring (bicyclic) bond motifs is 1. The van der Waals surface area contributed by atoms with E-state index in [-0.39, 0.29) is 17.9 Å². The van der Waals surface area contributed by atoms with Gasteiger partial charge in [-0.2, -0.15) is 0 Å². The van der Waals surface area contributed by atoms with Crippen LogP contribution in [-0.4, -0.2) is 30.9 Å². The number of nitrogens with zero attached hydrogens (tertiary/aromatic N) is 1. The molecule has 6 nitrogen and oxygen atoms in total. The largest absolute Gasteiger partial charge is 0.397 e. The summed E-state index contributed by atoms with van der Waals surface area (Å²) in [6.07, 6.45) is 1.78. The lowest BCUT2D eigenvalue weighted by Gasteiger charge is -2.39. The number of nitrogens with one attached hydrogen (secondary N) is 1. The molecule has 3 rings (SSSR count). The second-order valence-electron chi connectivity index (χ2n) is 5.36. The van der Waals surface area contributed by atoms with Crippen LogP contribution in [0, 0.1) is 5.92 Å². The fourth-order valence-corrected chi connectivity index (χ4v) is 3.31. The maximum Gasteiger partial charge on any atom is 0.250 e. The minimum atomic E-state index is -0.494. The summed E-state index contributed by atoms with van der Waals surface area (Å²) in [6.45, 7) is 1.38. The molecule has 0 aliphatic carbocycles. The molecule has 0 bridgehead atoms. The molecule has 2 saturated heterocycles. The van der Waals surface area contributed by atoms with E-state index in [1.54, 1.807) is 18.2 Å². The molecule has 0 spiro atoms. The van der Waals surface area contributed by atoms with Crippen molar-refractivity contribution in [1.29, 1.82) is 0 Å². The standard InChI is InChI=1S/C14H18N4O2/c15-10-5-1-3-9(13(16)19)12(10)18-6-2-4-8-11(18)7-17-14(8)20/h1,3,5,8,11H,2,4,6-7,15H2,(H2,16,19)(H,17,20). The number of amides is 2. The molecule has 2 aliphatic rings. The maximum atomic E-state index is 11.8. The molecule has 2 unspecified atom stereocenters. The van der Waals surface area contributed by atoms with Crippen LogP contribution in [0.15, 0.2) is 18.2 Å². The lowest BCUT2D eigenvalue weighted by atomic mass is 9.90. The second-order valence-corrected chi connectivity index (χ2v) is 5.36. The number of anilines is 2. The summed E-state index contributed by atoms with van der Waals surface area (Å²) in [7, 11) is 0. The van der Waals surface area contributed by atoms with Crippen LogP contribution < -0.4 is 21.7 Å². The highest BCUT2D eigenvalue weighted by Gasteiger charge is 2.42. The molecule has 0 aromatic heterocycles. The zero-order valence-electron chi connectivity index (χ0n) is 11.1. The number of nitrogens with two attached hydrogens (primary N) is 2. The van der Waals surface area contributed by atoms with Gasteiger partial charge < -0.3 is 21.7 Å². The Hall–Kier alpha value is -2.24. The number of primary amides is 1. The highest BCUT2D eigenvalue weighted by molar-refractivity contribution is 6.02. The van der Waals surface area contributed by atoms with Gasteiger partial charge in [0.05, 0.1) is 28.9 Å². The zero-order chi connectivity index (χ0) is 14.3. The third kappa shape index (κ3) is 1.88. The Morgan fingerprint density at radius 1 is 1.40 bits per heavy atom. The summed E-state index contributed by atoms with van der Waals surface area (Å²) in [4.78, 5) is 25.5. The van der Waals surface area contributed by atoms with Crippen molar-refractivity contribution in [2.24, 2.45) is 11.7 Å². The van der Waals surface area contributed by atoms with E-state index < -0.39 is 5.91 Å². The smallest absolute Gasteiger partial charge is 0.250 e. The van der Waals surface area contributed by atoms with Gasteiger partial charge in [0.25, 0.3) is 5.91 Å². The van der Waals surface area contributed by atoms with Gasteiger partial charge in [0.2, 0.25) is 5.91 Å². The molecule has 2 amide bonds. The quantitative estimate of drug-likeness (QED) is 0.665. The Kier molecular flexibility index (Phi) is 3.00. The van der Waals surface area contributed by atoms with Gasteiger partial charge in [0.15, 0.2) is 0 Å². The van der Waals surface area contributed by atoms with Crippen LogP contribution in [0.25, 0.3) is 0 Å². The van der Waals surface area contributed by atoms with Gasteiger partial charge >= 0.3 is 0 Å². The molecule has 2 aliphatic heterocycles. The van der Waals surface area contributed by atoms with Gasteiger partial charge in [0.1, 0.15) is 0 Å². The van der Waals surface area contributed by atoms with Crippen molar-refractivity contribution < 1.29 is 9.59 Å². The van der Waals surface area contributed by atoms with E-state index in [1.807, 2.05) is 0 Å². The first kappa shape index (κ1) is 12.8. The van der Waals surface area contributed by atoms with Crippen molar-refractivity contribution >= 4 is 23.2 Å². The van der Waals surface area contributed by atoms with E-state index in [1.165, 1.54) is 0 Å². The molecule has 0 saturated carbocycles. The fourth-order valence-electron chi connectivity index (χ4n) is 3.31. The number of piperidine rings is 1. The number of carbonyl (C=O) groups excluding carboxylic acids is 2. The maximum absolute atomic E-state index is 11.8. The van der Waals surface area contributed by atoms with Gasteiger partial charge in [-0.1, -0.05) is 6.07 Å². The topological polar surface area (TPSA) is 101 Å². The Bertz CT molecular complexity index is 572. The molecule has 2 atom stereocenters. The molecule has 5 N–H and O–H groups in total. The SMILES string of the molecule is NC(=O)c1cccc(N)c1N1CCCC2C(=O)NCC21. The molecule has 6 heteroatoms. The summed E-state index contributed by atoms with van der Waals surface area (Å²) in [6, 6.07) is 5.22. The summed E-state index contributed by atoms with van der Waals surface area (Å²) >= 11 is 0. The van der Waals surface area contributed by atoms with Gasteiger partial charge in [-0.15, -0.1) is 0 Å². The van der Waals surface area contributed by atoms with E-state index in [4.69, 9.17) is 11.5 Å². The Labute approximate surface area is 117 Å². The highest BCUT2D eigenvalue weighted by atomic mass is 16.2. The van der Waals surface area contributed by atoms with Crippen molar-refractivity contribution in [2.75, 3.05) is 23.7 Å². The van der Waals surface area contributed by atoms with Crippen LogP contribution >= 0.6 is 0 Å². The molecule has 0 radical (unpaired) electrons. The van der Waals surface area contributed by atoms with Gasteiger partial charge in [-0.25, -0.2) is 0 Å². The minimum Gasteiger partial charge on any atom is -0.397 e. The summed E-state index contributed by atoms with van der Waals surface area (Å²) in [5.41, 5.74) is 13.1. The van der Waals surface area contributed by atoms with Crippen molar-refractivity contribution in [2.45, 2.75) is 18.9 Å². The number of hydrogen-bond donors (Lipinski definition) is 3. The first-order valence-corrected chi connectivity index (χ1v) is 6.82. The number of para-hydroxylation sites is 1. The lowest BCUT2D eigenvalue weighted by molar-refractivity contribution is -0.122. The third-order valence-electron chi connectivity index (χ3n) is 4.22. The number of nitrogen functional groups attached to an aromatic ring is 1. The van der Waals surface area contributed by atoms with Crippen LogP contribution in [0.2, 0.25) is 0 Å². The molecular formula is C14H18N4O2. The Morgan fingerprint density at radius 2 is 2.20 bits per heavy atom. The van der Waals surface area contributed by atoms with Crippen LogP contribution in [0.3, 0.4) is 0 Å². The van der Waals surface area contributed by atoms with Gasteiger partial charge in [-0.3, -0.25) is 9.59 Å². The summed E-state index contributed by atoms with van der Waals surface area (Å²) in [5, 5.41) is 2.89. The monoisotopic (exact) mass is 274 g/mol. The van der Waals surface area contributed by atoms with Crippen molar-refractivity contribution in [1.82, 2.24) is 5.32 Å². The first-order chi connectivity index (χ1) is 9.59. The molecule has 2 heterocycles. The van der Waals surface area contributed by atoms with Crippen LogP contribution in [0.4, 0.5) is 11.4 Å². The summed E-state index contributed by atoms with van der Waals surface area (Å²) < 4.78 is 0. The summed E-state index contributed by atoms with van der Waals surface area (Å²) in [5.74, 6) is -0.425. The van der Waals surface area contributed by atoms with Crippen LogP contribution in [-0.2, 0) is 4.79 Å². The van der Waals surface area contributed by atoms with Crippen molar-refractivity contribution in [3.05, 3.63) is 23.8 Å². The van der Waals surface area contributed by atoms with E-state index in [9.17, 15) is 9.59 Å². The van der Waals surface area contributed by atoms with Crippen LogP contribution in [0.1, 0.15) is 23.2 Å². The molecule has 2 fully saturated rings. The van der Waals surface area contributed by atoms with Crippen LogP contribution in [0.5, 0.6) is 0 Å². The minimum absolute atomic E-state index is 0.0240. The van der Waals surface area contributed by atoms with E-state index in [2.05, 4.69) is 10.2 Å². The average Bonchev–Trinajstić information content (AvgIpc) is 2.80. The highest BCUT2D eigenvalue weighted by Crippen LogP contribution is 2.36. The van der Waals surface area contributed by atoms with E-state index in [0.29, 0.717) is 23.5 Å². The van der Waals surface area contributed by atoms with Crippen molar-refractivity contribution in [3.63, 3.8) is 0 Å². The normalized spacial score (nSPS) is 25.2. The van der Waals surface area contributed by atoms with E-state index in [0.717, 1.165) is 19.4 Å². The lowest BCUT2D eigenvalue weighted by Crippen LogP contribution is -2.46. The van der Waals surface area contributed by atoms with Crippen molar-refractivity contribution in [3.8, 4) is 0 Å². The third-order valence-corrected chi connectivity index (χ3v) is 4.22. The van der Waals surface area contributed by atoms with E-state index >= 15 is 0 Å². The first-order valence-electron chi connectivity index (χ1n) is 6.82. The van der Waals surface area contributed by atoms with Gasteiger partial charge in [0, 0.05) is 13.1 Å². The average molecular weight is 274 g/mol. The number of hydrogen-bond acceptors (Lipinski definition) is 4. The predicted octanol–water partition coefficient (Wildman–Crippen LogP) is 0.0825. The number of benzene rings is 1. The molecule has 1 aromatic carbocycles. The molecular weight excluding hydrogens is 256 g/mol. The second kappa shape index (κ2) is 4.70.